The molecule has 2 rings (SSSR count). The van der Waals surface area contributed by atoms with E-state index in [1.54, 1.807) is 36.6 Å². The first-order chi connectivity index (χ1) is 9.54. The molecule has 0 aliphatic heterocycles. The van der Waals surface area contributed by atoms with Crippen molar-refractivity contribution in [2.45, 2.75) is 17.9 Å². The lowest BCUT2D eigenvalue weighted by molar-refractivity contribution is 0.473. The van der Waals surface area contributed by atoms with E-state index in [1.165, 1.54) is 9.18 Å². The van der Waals surface area contributed by atoms with Gasteiger partial charge < -0.3 is 5.73 Å². The summed E-state index contributed by atoms with van der Waals surface area (Å²) in [6.45, 7) is 0.804. The van der Waals surface area contributed by atoms with Crippen LogP contribution >= 0.6 is 11.3 Å². The molecule has 4 nitrogen and oxygen atoms in total. The van der Waals surface area contributed by atoms with E-state index in [-0.39, 0.29) is 0 Å². The summed E-state index contributed by atoms with van der Waals surface area (Å²) in [6, 6.07) is 10.8. The molecular formula is C14H18N2O2S2. The minimum absolute atomic E-state index is 0.300. The average molecular weight is 310 g/mol. The lowest BCUT2D eigenvalue weighted by atomic mass is 10.2. The van der Waals surface area contributed by atoms with Gasteiger partial charge in [0, 0.05) is 25.0 Å². The molecule has 6 heteroatoms. The Bertz CT molecular complexity index is 652. The van der Waals surface area contributed by atoms with Crippen molar-refractivity contribution in [2.75, 3.05) is 13.6 Å². The summed E-state index contributed by atoms with van der Waals surface area (Å²) in [6.07, 6.45) is 0.726. The molecule has 0 saturated heterocycles. The summed E-state index contributed by atoms with van der Waals surface area (Å²) in [4.78, 5) is 1.48. The van der Waals surface area contributed by atoms with Crippen LogP contribution in [0.5, 0.6) is 0 Å². The number of thiophene rings is 1. The molecule has 108 valence electrons. The van der Waals surface area contributed by atoms with Crippen molar-refractivity contribution in [2.24, 2.45) is 5.73 Å². The van der Waals surface area contributed by atoms with Gasteiger partial charge in [-0.15, -0.1) is 11.3 Å². The van der Waals surface area contributed by atoms with Gasteiger partial charge in [-0.25, -0.2) is 12.7 Å². The lowest BCUT2D eigenvalue weighted by Crippen LogP contribution is -2.29. The van der Waals surface area contributed by atoms with Crippen LogP contribution in [0.15, 0.2) is 46.7 Å². The maximum atomic E-state index is 12.4. The largest absolute Gasteiger partial charge is 0.326 e. The van der Waals surface area contributed by atoms with Crippen LogP contribution in [-0.4, -0.2) is 26.3 Å². The molecule has 0 amide bonds. The molecular weight excluding hydrogens is 292 g/mol. The van der Waals surface area contributed by atoms with E-state index < -0.39 is 10.0 Å². The van der Waals surface area contributed by atoms with Crippen molar-refractivity contribution in [3.05, 3.63) is 52.2 Å². The third-order valence-corrected chi connectivity index (χ3v) is 5.88. The molecule has 2 N–H and O–H groups in total. The van der Waals surface area contributed by atoms with Crippen molar-refractivity contribution in [1.82, 2.24) is 4.31 Å². The fourth-order valence-corrected chi connectivity index (χ4v) is 3.80. The molecule has 1 aromatic carbocycles. The average Bonchev–Trinajstić information content (AvgIpc) is 2.98. The first-order valence-electron chi connectivity index (χ1n) is 6.32. The van der Waals surface area contributed by atoms with E-state index in [9.17, 15) is 8.42 Å². The summed E-state index contributed by atoms with van der Waals surface area (Å²) in [7, 11) is -1.83. The first-order valence-corrected chi connectivity index (χ1v) is 8.64. The molecule has 0 aliphatic carbocycles. The predicted molar refractivity (Wildman–Crippen MR) is 82.2 cm³/mol. The highest BCUT2D eigenvalue weighted by molar-refractivity contribution is 7.89. The molecule has 0 radical (unpaired) electrons. The highest BCUT2D eigenvalue weighted by Crippen LogP contribution is 2.17. The Morgan fingerprint density at radius 1 is 1.25 bits per heavy atom. The summed E-state index contributed by atoms with van der Waals surface area (Å²) in [5.74, 6) is 0. The second-order valence-electron chi connectivity index (χ2n) is 4.51. The van der Waals surface area contributed by atoms with Crippen LogP contribution in [0.25, 0.3) is 0 Å². The first kappa shape index (κ1) is 15.2. The van der Waals surface area contributed by atoms with Crippen LogP contribution in [0, 0.1) is 0 Å². The van der Waals surface area contributed by atoms with Gasteiger partial charge in [0.15, 0.2) is 0 Å². The molecule has 0 bridgehead atoms. The SMILES string of the molecule is CN(CCc1cccs1)S(=O)(=O)c1cccc(CN)c1. The second kappa shape index (κ2) is 6.49. The summed E-state index contributed by atoms with van der Waals surface area (Å²) in [5, 5.41) is 1.99. The van der Waals surface area contributed by atoms with E-state index in [2.05, 4.69) is 0 Å². The van der Waals surface area contributed by atoms with Gasteiger partial charge in [-0.05, 0) is 35.6 Å². The van der Waals surface area contributed by atoms with Crippen molar-refractivity contribution in [3.63, 3.8) is 0 Å². The van der Waals surface area contributed by atoms with Crippen LogP contribution in [0.1, 0.15) is 10.4 Å². The highest BCUT2D eigenvalue weighted by atomic mass is 32.2. The molecule has 0 fully saturated rings. The van der Waals surface area contributed by atoms with Gasteiger partial charge >= 0.3 is 0 Å². The number of hydrogen-bond acceptors (Lipinski definition) is 4. The Kier molecular flexibility index (Phi) is 4.93. The van der Waals surface area contributed by atoms with Crippen molar-refractivity contribution in [1.29, 1.82) is 0 Å². The smallest absolute Gasteiger partial charge is 0.242 e. The standard InChI is InChI=1S/C14H18N2O2S2/c1-16(8-7-13-5-3-9-19-13)20(17,18)14-6-2-4-12(10-14)11-15/h2-6,9-10H,7-8,11,15H2,1H3. The van der Waals surface area contributed by atoms with Crippen molar-refractivity contribution >= 4 is 21.4 Å². The molecule has 1 heterocycles. The number of hydrogen-bond donors (Lipinski definition) is 1. The minimum atomic E-state index is -3.44. The van der Waals surface area contributed by atoms with Crippen molar-refractivity contribution < 1.29 is 8.42 Å². The maximum Gasteiger partial charge on any atom is 0.242 e. The summed E-state index contributed by atoms with van der Waals surface area (Å²) >= 11 is 1.64. The number of rotatable bonds is 6. The molecule has 2 aromatic rings. The molecule has 20 heavy (non-hydrogen) atoms. The Balaban J connectivity index is 2.12. The van der Waals surface area contributed by atoms with E-state index in [4.69, 9.17) is 5.73 Å². The number of likely N-dealkylation sites (N-methyl/N-ethyl adjacent to an activating group) is 1. The van der Waals surface area contributed by atoms with Gasteiger partial charge in [0.25, 0.3) is 0 Å². The Morgan fingerprint density at radius 3 is 2.70 bits per heavy atom. The third-order valence-electron chi connectivity index (χ3n) is 3.10. The zero-order chi connectivity index (χ0) is 14.6. The van der Waals surface area contributed by atoms with Crippen LogP contribution < -0.4 is 5.73 Å². The molecule has 0 atom stereocenters. The zero-order valence-corrected chi connectivity index (χ0v) is 13.0. The Hall–Kier alpha value is -1.21. The number of nitrogens with two attached hydrogens (primary N) is 1. The predicted octanol–water partition coefficient (Wildman–Crippen LogP) is 2.07. The second-order valence-corrected chi connectivity index (χ2v) is 7.58. The van der Waals surface area contributed by atoms with E-state index in [0.29, 0.717) is 18.0 Å². The minimum Gasteiger partial charge on any atom is -0.326 e. The molecule has 1 aromatic heterocycles. The van der Waals surface area contributed by atoms with Crippen LogP contribution in [0.4, 0.5) is 0 Å². The quantitative estimate of drug-likeness (QED) is 0.888. The summed E-state index contributed by atoms with van der Waals surface area (Å²) < 4.78 is 26.3. The molecule has 0 aliphatic rings. The topological polar surface area (TPSA) is 63.4 Å². The fraction of sp³-hybridized carbons (Fsp3) is 0.286. The number of nitrogens with zero attached hydrogens (tertiary/aromatic N) is 1. The normalized spacial score (nSPS) is 11.9. The van der Waals surface area contributed by atoms with Gasteiger partial charge in [-0.2, -0.15) is 0 Å². The van der Waals surface area contributed by atoms with Crippen LogP contribution in [0.2, 0.25) is 0 Å². The molecule has 0 unspecified atom stereocenters. The van der Waals surface area contributed by atoms with Gasteiger partial charge in [0.1, 0.15) is 0 Å². The van der Waals surface area contributed by atoms with Gasteiger partial charge in [0.2, 0.25) is 10.0 Å². The van der Waals surface area contributed by atoms with E-state index in [1.807, 2.05) is 23.6 Å². The van der Waals surface area contributed by atoms with Crippen LogP contribution in [-0.2, 0) is 23.0 Å². The van der Waals surface area contributed by atoms with Gasteiger partial charge in [-0.1, -0.05) is 18.2 Å². The van der Waals surface area contributed by atoms with Gasteiger partial charge in [-0.3, -0.25) is 0 Å². The highest BCUT2D eigenvalue weighted by Gasteiger charge is 2.20. The third kappa shape index (κ3) is 3.46. The zero-order valence-electron chi connectivity index (χ0n) is 11.3. The lowest BCUT2D eigenvalue weighted by Gasteiger charge is -2.17. The van der Waals surface area contributed by atoms with E-state index >= 15 is 0 Å². The number of sulfonamides is 1. The fourth-order valence-electron chi connectivity index (χ4n) is 1.86. The molecule has 0 saturated carbocycles. The van der Waals surface area contributed by atoms with E-state index in [0.717, 1.165) is 12.0 Å². The Morgan fingerprint density at radius 2 is 2.05 bits per heavy atom. The summed E-state index contributed by atoms with van der Waals surface area (Å²) in [5.41, 5.74) is 6.37. The van der Waals surface area contributed by atoms with Crippen LogP contribution in [0.3, 0.4) is 0 Å². The van der Waals surface area contributed by atoms with Crippen molar-refractivity contribution in [3.8, 4) is 0 Å². The number of benzene rings is 1. The maximum absolute atomic E-state index is 12.4. The van der Waals surface area contributed by atoms with Gasteiger partial charge in [0.05, 0.1) is 4.90 Å². The molecule has 0 spiro atoms. The Labute approximate surface area is 123 Å². The monoisotopic (exact) mass is 310 g/mol.